The summed E-state index contributed by atoms with van der Waals surface area (Å²) in [4.78, 5) is -0.222. The van der Waals surface area contributed by atoms with Gasteiger partial charge in [0.15, 0.2) is 0 Å². The van der Waals surface area contributed by atoms with Crippen LogP contribution in [0.2, 0.25) is 0 Å². The Morgan fingerprint density at radius 3 is 1.46 bits per heavy atom. The molecule has 0 radical (unpaired) electrons. The molecule has 1 heterocycles. The van der Waals surface area contributed by atoms with E-state index in [9.17, 15) is 0 Å². The summed E-state index contributed by atoms with van der Waals surface area (Å²) in [6.07, 6.45) is 2.56. The molecule has 1 fully saturated rings. The molecule has 5 heteroatoms. The second kappa shape index (κ2) is 15.6. The molecule has 0 bridgehead atoms. The van der Waals surface area contributed by atoms with Gasteiger partial charge in [-0.2, -0.15) is 0 Å². The van der Waals surface area contributed by atoms with Crippen molar-refractivity contribution < 1.29 is 4.74 Å². The lowest BCUT2D eigenvalue weighted by atomic mass is 10.4. The predicted octanol–water partition coefficient (Wildman–Crippen LogP) is 4.07. The van der Waals surface area contributed by atoms with Gasteiger partial charge in [0.2, 0.25) is 0 Å². The molecule has 0 N–H and O–H groups in total. The zero-order valence-electron chi connectivity index (χ0n) is 7.74. The first-order chi connectivity index (χ1) is 6.15. The molecule has 0 aromatic rings. The summed E-state index contributed by atoms with van der Waals surface area (Å²) in [5.74, 6) is 1.11. The van der Waals surface area contributed by atoms with Crippen molar-refractivity contribution >= 4 is 46.4 Å². The Balaban J connectivity index is 0. The average molecular weight is 270 g/mol. The quantitative estimate of drug-likeness (QED) is 0.652. The van der Waals surface area contributed by atoms with E-state index in [1.165, 1.54) is 12.8 Å². The Kier molecular flexibility index (Phi) is 19.8. The SMILES string of the molecule is C1CCOC1.CC(Cl)Cl.ClCCCl. The molecular weight excluding hydrogens is 254 g/mol. The van der Waals surface area contributed by atoms with E-state index in [-0.39, 0.29) is 4.84 Å². The van der Waals surface area contributed by atoms with Gasteiger partial charge in [-0.15, -0.1) is 46.4 Å². The van der Waals surface area contributed by atoms with Crippen molar-refractivity contribution in [2.45, 2.75) is 24.6 Å². The summed E-state index contributed by atoms with van der Waals surface area (Å²) in [7, 11) is 0. The molecule has 1 nitrogen and oxygen atoms in total. The van der Waals surface area contributed by atoms with Crippen LogP contribution >= 0.6 is 46.4 Å². The minimum absolute atomic E-state index is 0.222. The third-order valence-corrected chi connectivity index (χ3v) is 1.47. The van der Waals surface area contributed by atoms with Crippen LogP contribution in [0.4, 0.5) is 0 Å². The highest BCUT2D eigenvalue weighted by Gasteiger charge is 1.94. The second-order valence-electron chi connectivity index (χ2n) is 2.22. The number of halogens is 4. The van der Waals surface area contributed by atoms with Crippen LogP contribution in [-0.4, -0.2) is 29.8 Å². The van der Waals surface area contributed by atoms with Crippen LogP contribution in [0.3, 0.4) is 0 Å². The smallest absolute Gasteiger partial charge is 0.105 e. The summed E-state index contributed by atoms with van der Waals surface area (Å²) in [6, 6.07) is 0. The van der Waals surface area contributed by atoms with Gasteiger partial charge in [0, 0.05) is 25.0 Å². The topological polar surface area (TPSA) is 9.23 Å². The zero-order valence-corrected chi connectivity index (χ0v) is 10.8. The van der Waals surface area contributed by atoms with Gasteiger partial charge in [0.25, 0.3) is 0 Å². The monoisotopic (exact) mass is 268 g/mol. The molecule has 0 aromatic heterocycles. The third kappa shape index (κ3) is 32.0. The van der Waals surface area contributed by atoms with Gasteiger partial charge in [-0.1, -0.05) is 0 Å². The van der Waals surface area contributed by atoms with Gasteiger partial charge in [-0.05, 0) is 19.8 Å². The maximum Gasteiger partial charge on any atom is 0.105 e. The van der Waals surface area contributed by atoms with E-state index >= 15 is 0 Å². The van der Waals surface area contributed by atoms with Crippen molar-refractivity contribution in [3.8, 4) is 0 Å². The lowest BCUT2D eigenvalue weighted by Crippen LogP contribution is -1.74. The highest BCUT2D eigenvalue weighted by atomic mass is 35.5. The Morgan fingerprint density at radius 2 is 1.38 bits per heavy atom. The lowest BCUT2D eigenvalue weighted by Gasteiger charge is -1.76. The summed E-state index contributed by atoms with van der Waals surface area (Å²) in [5.41, 5.74) is 0. The molecule has 0 atom stereocenters. The van der Waals surface area contributed by atoms with Crippen LogP contribution in [0.5, 0.6) is 0 Å². The molecule has 0 saturated carbocycles. The molecular formula is C8H16Cl4O. The molecule has 13 heavy (non-hydrogen) atoms. The van der Waals surface area contributed by atoms with Gasteiger partial charge in [-0.3, -0.25) is 0 Å². The Labute approximate surface area is 101 Å². The fraction of sp³-hybridized carbons (Fsp3) is 1.00. The van der Waals surface area contributed by atoms with Crippen LogP contribution in [0, 0.1) is 0 Å². The van der Waals surface area contributed by atoms with E-state index in [1.54, 1.807) is 6.92 Å². The van der Waals surface area contributed by atoms with Crippen molar-refractivity contribution in [2.75, 3.05) is 25.0 Å². The summed E-state index contributed by atoms with van der Waals surface area (Å²) < 4.78 is 4.94. The van der Waals surface area contributed by atoms with E-state index in [2.05, 4.69) is 0 Å². The lowest BCUT2D eigenvalue weighted by molar-refractivity contribution is 0.198. The van der Waals surface area contributed by atoms with Gasteiger partial charge in [0.1, 0.15) is 4.84 Å². The highest BCUT2D eigenvalue weighted by molar-refractivity contribution is 6.43. The summed E-state index contributed by atoms with van der Waals surface area (Å²) >= 11 is 20.2. The number of hydrogen-bond donors (Lipinski definition) is 0. The molecule has 1 rings (SSSR count). The van der Waals surface area contributed by atoms with Crippen LogP contribution in [-0.2, 0) is 4.74 Å². The van der Waals surface area contributed by atoms with Gasteiger partial charge < -0.3 is 4.74 Å². The van der Waals surface area contributed by atoms with E-state index in [1.807, 2.05) is 0 Å². The van der Waals surface area contributed by atoms with Crippen molar-refractivity contribution in [1.29, 1.82) is 0 Å². The first-order valence-electron chi connectivity index (χ1n) is 4.13. The third-order valence-electron chi connectivity index (χ3n) is 0.899. The van der Waals surface area contributed by atoms with Crippen LogP contribution in [0.25, 0.3) is 0 Å². The van der Waals surface area contributed by atoms with E-state index in [4.69, 9.17) is 51.1 Å². The molecule has 82 valence electrons. The maximum absolute atomic E-state index is 5.05. The van der Waals surface area contributed by atoms with Crippen LogP contribution in [0.1, 0.15) is 19.8 Å². The Hall–Kier alpha value is 1.12. The zero-order chi connectivity index (χ0) is 10.5. The number of hydrogen-bond acceptors (Lipinski definition) is 1. The van der Waals surface area contributed by atoms with Gasteiger partial charge >= 0.3 is 0 Å². The number of alkyl halides is 4. The summed E-state index contributed by atoms with van der Waals surface area (Å²) in [5, 5.41) is 0. The molecule has 1 aliphatic heterocycles. The molecule has 0 unspecified atom stereocenters. The number of rotatable bonds is 1. The average Bonchev–Trinajstić information content (AvgIpc) is 2.59. The first-order valence-corrected chi connectivity index (χ1v) is 6.07. The Bertz CT molecular complexity index is 64.2. The molecule has 1 saturated heterocycles. The van der Waals surface area contributed by atoms with Crippen LogP contribution < -0.4 is 0 Å². The van der Waals surface area contributed by atoms with Gasteiger partial charge in [-0.25, -0.2) is 0 Å². The molecule has 1 aliphatic rings. The fourth-order valence-electron chi connectivity index (χ4n) is 0.510. The standard InChI is InChI=1S/C4H8O.2C2H4Cl2/c1-2-4-5-3-1;1-2(3)4;3-1-2-4/h1-4H2;2H,1H3;1-2H2. The van der Waals surface area contributed by atoms with Crippen LogP contribution in [0.15, 0.2) is 0 Å². The minimum Gasteiger partial charge on any atom is -0.381 e. The first kappa shape index (κ1) is 16.5. The van der Waals surface area contributed by atoms with Crippen molar-refractivity contribution in [1.82, 2.24) is 0 Å². The highest BCUT2D eigenvalue weighted by Crippen LogP contribution is 1.98. The van der Waals surface area contributed by atoms with Gasteiger partial charge in [0.05, 0.1) is 0 Å². The predicted molar refractivity (Wildman–Crippen MR) is 62.7 cm³/mol. The second-order valence-corrected chi connectivity index (χ2v) is 4.50. The van der Waals surface area contributed by atoms with Crippen molar-refractivity contribution in [2.24, 2.45) is 0 Å². The molecule has 0 aromatic carbocycles. The van der Waals surface area contributed by atoms with E-state index < -0.39 is 0 Å². The fourth-order valence-corrected chi connectivity index (χ4v) is 0.510. The summed E-state index contributed by atoms with van der Waals surface area (Å²) in [6.45, 7) is 3.70. The minimum atomic E-state index is -0.222. The normalized spacial score (nSPS) is 14.3. The van der Waals surface area contributed by atoms with E-state index in [0.717, 1.165) is 13.2 Å². The largest absolute Gasteiger partial charge is 0.381 e. The van der Waals surface area contributed by atoms with Crippen molar-refractivity contribution in [3.05, 3.63) is 0 Å². The van der Waals surface area contributed by atoms with Crippen molar-refractivity contribution in [3.63, 3.8) is 0 Å². The Morgan fingerprint density at radius 1 is 1.08 bits per heavy atom. The number of ether oxygens (including phenoxy) is 1. The molecule has 0 amide bonds. The maximum atomic E-state index is 5.05. The molecule has 0 spiro atoms. The van der Waals surface area contributed by atoms with E-state index in [0.29, 0.717) is 11.8 Å². The molecule has 0 aliphatic carbocycles.